The van der Waals surface area contributed by atoms with Crippen molar-refractivity contribution in [1.29, 1.82) is 0 Å². The number of nitrogens with zero attached hydrogens (tertiary/aromatic N) is 2. The number of H-pyrrole nitrogens is 1. The van der Waals surface area contributed by atoms with Crippen LogP contribution in [0.3, 0.4) is 0 Å². The van der Waals surface area contributed by atoms with Gasteiger partial charge in [-0.15, -0.1) is 5.10 Å². The summed E-state index contributed by atoms with van der Waals surface area (Å²) in [5, 5.41) is 8.80. The number of rotatable bonds is 6. The van der Waals surface area contributed by atoms with Gasteiger partial charge < -0.3 is 14.2 Å². The molecule has 1 aromatic heterocycles. The summed E-state index contributed by atoms with van der Waals surface area (Å²) in [5.41, 5.74) is 0. The molecule has 1 aromatic carbocycles. The molecule has 0 bridgehead atoms. The molecule has 0 aliphatic rings. The van der Waals surface area contributed by atoms with Crippen molar-refractivity contribution >= 4 is 11.9 Å². The number of aromatic nitrogens is 3. The van der Waals surface area contributed by atoms with Crippen LogP contribution in [0.15, 0.2) is 24.3 Å². The largest absolute Gasteiger partial charge is 0.497 e. The Morgan fingerprint density at radius 1 is 1.19 bits per heavy atom. The fourth-order valence-corrected chi connectivity index (χ4v) is 1.52. The van der Waals surface area contributed by atoms with Crippen LogP contribution in [0.25, 0.3) is 0 Å². The van der Waals surface area contributed by atoms with E-state index in [0.717, 1.165) is 0 Å². The second-order valence-corrected chi connectivity index (χ2v) is 4.10. The van der Waals surface area contributed by atoms with Crippen LogP contribution < -0.4 is 19.5 Å². The molecule has 112 valence electrons. The van der Waals surface area contributed by atoms with E-state index < -0.39 is 6.10 Å². The molecule has 1 atom stereocenters. The number of anilines is 1. The van der Waals surface area contributed by atoms with Crippen LogP contribution in [0.5, 0.6) is 17.5 Å². The van der Waals surface area contributed by atoms with E-state index in [1.165, 1.54) is 7.11 Å². The number of carbonyl (C=O) groups is 1. The number of ether oxygens (including phenoxy) is 3. The van der Waals surface area contributed by atoms with E-state index in [0.29, 0.717) is 11.5 Å². The van der Waals surface area contributed by atoms with Crippen LogP contribution in [-0.2, 0) is 4.79 Å². The zero-order valence-corrected chi connectivity index (χ0v) is 11.9. The molecule has 8 nitrogen and oxygen atoms in total. The van der Waals surface area contributed by atoms with Crippen LogP contribution in [0, 0.1) is 0 Å². The van der Waals surface area contributed by atoms with Crippen molar-refractivity contribution in [3.05, 3.63) is 24.3 Å². The molecule has 0 saturated carbocycles. The Balaban J connectivity index is 1.92. The van der Waals surface area contributed by atoms with Crippen LogP contribution in [0.1, 0.15) is 6.92 Å². The average Bonchev–Trinajstić information content (AvgIpc) is 2.95. The lowest BCUT2D eigenvalue weighted by atomic mass is 10.3. The Labute approximate surface area is 121 Å². The second-order valence-electron chi connectivity index (χ2n) is 4.10. The summed E-state index contributed by atoms with van der Waals surface area (Å²) in [6.07, 6.45) is -0.700. The van der Waals surface area contributed by atoms with Crippen molar-refractivity contribution in [2.24, 2.45) is 0 Å². The van der Waals surface area contributed by atoms with E-state index in [2.05, 4.69) is 20.5 Å². The molecule has 2 aromatic rings. The number of carbonyl (C=O) groups excluding carboxylic acids is 1. The third-order valence-corrected chi connectivity index (χ3v) is 2.63. The third-order valence-electron chi connectivity index (χ3n) is 2.63. The van der Waals surface area contributed by atoms with Gasteiger partial charge in [-0.3, -0.25) is 10.1 Å². The van der Waals surface area contributed by atoms with E-state index in [1.807, 2.05) is 0 Å². The van der Waals surface area contributed by atoms with Gasteiger partial charge >= 0.3 is 6.01 Å². The average molecular weight is 292 g/mol. The van der Waals surface area contributed by atoms with Crippen LogP contribution >= 0.6 is 0 Å². The molecule has 0 aliphatic carbocycles. The Kier molecular flexibility index (Phi) is 4.60. The number of aromatic amines is 1. The molecule has 0 fully saturated rings. The van der Waals surface area contributed by atoms with Gasteiger partial charge in [-0.1, -0.05) is 0 Å². The predicted octanol–water partition coefficient (Wildman–Crippen LogP) is 1.23. The summed E-state index contributed by atoms with van der Waals surface area (Å²) >= 11 is 0. The molecule has 2 rings (SSSR count). The molecule has 21 heavy (non-hydrogen) atoms. The van der Waals surface area contributed by atoms with E-state index in [-0.39, 0.29) is 17.9 Å². The molecule has 2 N–H and O–H groups in total. The summed E-state index contributed by atoms with van der Waals surface area (Å²) in [4.78, 5) is 15.8. The summed E-state index contributed by atoms with van der Waals surface area (Å²) in [6, 6.07) is 7.09. The zero-order valence-electron chi connectivity index (χ0n) is 11.9. The molecule has 1 heterocycles. The summed E-state index contributed by atoms with van der Waals surface area (Å²) < 4.78 is 15.4. The fourth-order valence-electron chi connectivity index (χ4n) is 1.52. The highest BCUT2D eigenvalue weighted by Gasteiger charge is 2.16. The molecule has 0 aliphatic heterocycles. The van der Waals surface area contributed by atoms with E-state index >= 15 is 0 Å². The molecule has 0 saturated heterocycles. The fraction of sp³-hybridized carbons (Fsp3) is 0.308. The molecule has 0 radical (unpaired) electrons. The van der Waals surface area contributed by atoms with Gasteiger partial charge in [-0.2, -0.15) is 4.98 Å². The first-order valence-electron chi connectivity index (χ1n) is 6.20. The minimum absolute atomic E-state index is 0.147. The maximum atomic E-state index is 11.9. The highest BCUT2D eigenvalue weighted by Crippen LogP contribution is 2.18. The smallest absolute Gasteiger partial charge is 0.336 e. The standard InChI is InChI=1S/C13H16N4O4/c1-8(21-10-6-4-9(19-2)5-7-10)11(18)14-12-15-13(20-3)17-16-12/h4-8H,1-3H3,(H2,14,15,16,17,18). The predicted molar refractivity (Wildman–Crippen MR) is 74.6 cm³/mol. The van der Waals surface area contributed by atoms with Gasteiger partial charge in [0.25, 0.3) is 5.91 Å². The quantitative estimate of drug-likeness (QED) is 0.831. The van der Waals surface area contributed by atoms with Crippen molar-refractivity contribution in [3.8, 4) is 17.5 Å². The minimum Gasteiger partial charge on any atom is -0.497 e. The Bertz CT molecular complexity index is 596. The van der Waals surface area contributed by atoms with E-state index in [4.69, 9.17) is 14.2 Å². The van der Waals surface area contributed by atoms with Crippen molar-refractivity contribution in [1.82, 2.24) is 15.2 Å². The maximum absolute atomic E-state index is 11.9. The van der Waals surface area contributed by atoms with Gasteiger partial charge in [0.1, 0.15) is 11.5 Å². The molecular formula is C13H16N4O4. The summed E-state index contributed by atoms with van der Waals surface area (Å²) in [7, 11) is 3.02. The maximum Gasteiger partial charge on any atom is 0.336 e. The number of nitrogens with one attached hydrogen (secondary N) is 2. The first kappa shape index (κ1) is 14.6. The summed E-state index contributed by atoms with van der Waals surface area (Å²) in [5.74, 6) is 1.12. The molecule has 1 unspecified atom stereocenters. The molecule has 8 heteroatoms. The van der Waals surface area contributed by atoms with Gasteiger partial charge in [-0.25, -0.2) is 5.10 Å². The number of amides is 1. The van der Waals surface area contributed by atoms with Crippen LogP contribution in [0.2, 0.25) is 0 Å². The topological polar surface area (TPSA) is 98.4 Å². The zero-order chi connectivity index (χ0) is 15.2. The van der Waals surface area contributed by atoms with Crippen molar-refractivity contribution in [2.45, 2.75) is 13.0 Å². The van der Waals surface area contributed by atoms with Gasteiger partial charge in [-0.05, 0) is 31.2 Å². The van der Waals surface area contributed by atoms with E-state index in [9.17, 15) is 4.79 Å². The van der Waals surface area contributed by atoms with Crippen molar-refractivity contribution in [3.63, 3.8) is 0 Å². The van der Waals surface area contributed by atoms with Gasteiger partial charge in [0.05, 0.1) is 14.2 Å². The Morgan fingerprint density at radius 3 is 2.43 bits per heavy atom. The molecule has 0 spiro atoms. The SMILES string of the molecule is COc1ccc(OC(C)C(=O)Nc2nc(OC)n[nH]2)cc1. The van der Waals surface area contributed by atoms with Crippen LogP contribution in [0.4, 0.5) is 5.95 Å². The molecule has 1 amide bonds. The number of hydrogen-bond acceptors (Lipinski definition) is 6. The van der Waals surface area contributed by atoms with Crippen LogP contribution in [-0.4, -0.2) is 41.4 Å². The second kappa shape index (κ2) is 6.60. The van der Waals surface area contributed by atoms with E-state index in [1.54, 1.807) is 38.3 Å². The lowest BCUT2D eigenvalue weighted by molar-refractivity contribution is -0.122. The Morgan fingerprint density at radius 2 is 1.86 bits per heavy atom. The van der Waals surface area contributed by atoms with Gasteiger partial charge in [0.15, 0.2) is 6.10 Å². The summed E-state index contributed by atoms with van der Waals surface area (Å²) in [6.45, 7) is 1.63. The number of benzene rings is 1. The minimum atomic E-state index is -0.700. The molecular weight excluding hydrogens is 276 g/mol. The monoisotopic (exact) mass is 292 g/mol. The third kappa shape index (κ3) is 3.85. The highest BCUT2D eigenvalue weighted by molar-refractivity contribution is 5.92. The van der Waals surface area contributed by atoms with Crippen molar-refractivity contribution < 1.29 is 19.0 Å². The number of methoxy groups -OCH3 is 2. The van der Waals surface area contributed by atoms with Gasteiger partial charge in [0, 0.05) is 0 Å². The number of hydrogen-bond donors (Lipinski definition) is 2. The highest BCUT2D eigenvalue weighted by atomic mass is 16.5. The first-order valence-corrected chi connectivity index (χ1v) is 6.20. The van der Waals surface area contributed by atoms with Crippen molar-refractivity contribution in [2.75, 3.05) is 19.5 Å². The lowest BCUT2D eigenvalue weighted by Gasteiger charge is -2.13. The Hall–Kier alpha value is -2.77. The normalized spacial score (nSPS) is 11.6. The lowest BCUT2D eigenvalue weighted by Crippen LogP contribution is -2.30. The van der Waals surface area contributed by atoms with Gasteiger partial charge in [0.2, 0.25) is 5.95 Å². The first-order chi connectivity index (χ1) is 10.1.